The Kier molecular flexibility index (Phi) is 6.04. The smallest absolute Gasteiger partial charge is 0.261 e. The molecule has 68 valence electrons. The van der Waals surface area contributed by atoms with Crippen molar-refractivity contribution in [1.29, 1.82) is 0 Å². The Balaban J connectivity index is 3.47. The fourth-order valence-corrected chi connectivity index (χ4v) is 0.513. The standard InChI is InChI=1S/C3H4I2N4O3/c4-1(10)6-8-3(12)9-7-2(5)11/h(H,6,10)(H,7,11)(H2,8,9,12). The Hall–Kier alpha value is -0.330. The lowest BCUT2D eigenvalue weighted by Crippen LogP contribution is -2.50. The first-order chi connectivity index (χ1) is 5.52. The van der Waals surface area contributed by atoms with Gasteiger partial charge in [-0.2, -0.15) is 0 Å². The van der Waals surface area contributed by atoms with Crippen LogP contribution < -0.4 is 21.7 Å². The van der Waals surface area contributed by atoms with Crippen LogP contribution in [0.3, 0.4) is 0 Å². The lowest BCUT2D eigenvalue weighted by atomic mass is 11.1. The number of amides is 4. The van der Waals surface area contributed by atoms with Gasteiger partial charge in [-0.05, 0) is 0 Å². The highest BCUT2D eigenvalue weighted by Crippen LogP contribution is 1.80. The highest BCUT2D eigenvalue weighted by atomic mass is 127. The first-order valence-electron chi connectivity index (χ1n) is 2.49. The Labute approximate surface area is 94.6 Å². The Bertz CT molecular complexity index is 188. The Morgan fingerprint density at radius 2 is 1.08 bits per heavy atom. The molecule has 0 radical (unpaired) electrons. The molecular weight excluding hydrogens is 394 g/mol. The summed E-state index contributed by atoms with van der Waals surface area (Å²) < 4.78 is -0.882. The number of carbonyl (C=O) groups excluding carboxylic acids is 3. The third-order valence-electron chi connectivity index (χ3n) is 0.549. The van der Waals surface area contributed by atoms with E-state index in [9.17, 15) is 14.4 Å². The summed E-state index contributed by atoms with van der Waals surface area (Å²) >= 11 is 2.87. The van der Waals surface area contributed by atoms with E-state index in [0.717, 1.165) is 0 Å². The number of nitrogens with one attached hydrogen (secondary N) is 4. The summed E-state index contributed by atoms with van der Waals surface area (Å²) in [5.74, 6) is 0. The maximum atomic E-state index is 10.6. The third kappa shape index (κ3) is 7.77. The van der Waals surface area contributed by atoms with Crippen LogP contribution in [0.4, 0.5) is 14.4 Å². The molecule has 0 aromatic carbocycles. The van der Waals surface area contributed by atoms with Gasteiger partial charge < -0.3 is 0 Å². The van der Waals surface area contributed by atoms with Gasteiger partial charge in [-0.3, -0.25) is 20.4 Å². The second-order valence-electron chi connectivity index (χ2n) is 1.38. The normalized spacial score (nSPS) is 8.17. The van der Waals surface area contributed by atoms with Crippen LogP contribution in [0.1, 0.15) is 0 Å². The van der Waals surface area contributed by atoms with Crippen molar-refractivity contribution in [3.8, 4) is 0 Å². The van der Waals surface area contributed by atoms with Crippen molar-refractivity contribution < 1.29 is 14.4 Å². The number of rotatable bonds is 0. The monoisotopic (exact) mass is 398 g/mol. The van der Waals surface area contributed by atoms with E-state index >= 15 is 0 Å². The maximum Gasteiger partial charge on any atom is 0.352 e. The van der Waals surface area contributed by atoms with E-state index in [4.69, 9.17) is 0 Å². The van der Waals surface area contributed by atoms with Gasteiger partial charge in [0.15, 0.2) is 0 Å². The highest BCUT2D eigenvalue weighted by Gasteiger charge is 2.00. The lowest BCUT2D eigenvalue weighted by Gasteiger charge is -2.05. The van der Waals surface area contributed by atoms with Gasteiger partial charge in [0.05, 0.1) is 0 Å². The molecule has 0 aliphatic heterocycles. The van der Waals surface area contributed by atoms with Gasteiger partial charge in [-0.15, -0.1) is 0 Å². The number of hydrazine groups is 2. The molecule has 0 bridgehead atoms. The molecule has 0 rings (SSSR count). The molecule has 12 heavy (non-hydrogen) atoms. The topological polar surface area (TPSA) is 99.3 Å². The molecule has 0 saturated carbocycles. The lowest BCUT2D eigenvalue weighted by molar-refractivity contribution is 0.227. The molecule has 0 unspecified atom stereocenters. The SMILES string of the molecule is O=C(I)NNC(=O)NNC(=O)I. The third-order valence-corrected chi connectivity index (χ3v) is 1.09. The van der Waals surface area contributed by atoms with Crippen molar-refractivity contribution in [2.75, 3.05) is 0 Å². The van der Waals surface area contributed by atoms with Crippen LogP contribution in [0.25, 0.3) is 0 Å². The van der Waals surface area contributed by atoms with Crippen LogP contribution in [-0.4, -0.2) is 13.9 Å². The second-order valence-corrected chi connectivity index (χ2v) is 3.34. The van der Waals surface area contributed by atoms with Crippen LogP contribution in [0.2, 0.25) is 0 Å². The molecule has 0 aliphatic carbocycles. The van der Waals surface area contributed by atoms with Gasteiger partial charge in [0.25, 0.3) is 7.83 Å². The number of halogens is 2. The zero-order valence-electron chi connectivity index (χ0n) is 5.48. The van der Waals surface area contributed by atoms with E-state index in [0.29, 0.717) is 0 Å². The van der Waals surface area contributed by atoms with Crippen molar-refractivity contribution >= 4 is 59.0 Å². The van der Waals surface area contributed by atoms with Gasteiger partial charge in [-0.25, -0.2) is 15.6 Å². The fourth-order valence-electron chi connectivity index (χ4n) is 0.243. The van der Waals surface area contributed by atoms with E-state index in [-0.39, 0.29) is 0 Å². The average Bonchev–Trinajstić information content (AvgIpc) is 1.96. The molecule has 0 aromatic heterocycles. The van der Waals surface area contributed by atoms with E-state index in [1.165, 1.54) is 45.2 Å². The van der Waals surface area contributed by atoms with E-state index in [1.807, 2.05) is 21.7 Å². The van der Waals surface area contributed by atoms with Crippen LogP contribution in [-0.2, 0) is 0 Å². The molecule has 0 fully saturated rings. The molecular formula is C3H4I2N4O3. The van der Waals surface area contributed by atoms with Crippen LogP contribution in [0.15, 0.2) is 0 Å². The van der Waals surface area contributed by atoms with Gasteiger partial charge >= 0.3 is 6.03 Å². The first-order valence-corrected chi connectivity index (χ1v) is 4.65. The van der Waals surface area contributed by atoms with E-state index in [1.54, 1.807) is 0 Å². The van der Waals surface area contributed by atoms with Crippen LogP contribution in [0.5, 0.6) is 0 Å². The molecule has 0 aromatic rings. The average molecular weight is 398 g/mol. The minimum Gasteiger partial charge on any atom is -0.261 e. The minimum atomic E-state index is -0.731. The summed E-state index contributed by atoms with van der Waals surface area (Å²) in [5.41, 5.74) is 7.93. The zero-order chi connectivity index (χ0) is 9.56. The van der Waals surface area contributed by atoms with Gasteiger partial charge in [-0.1, -0.05) is 0 Å². The molecule has 0 saturated heterocycles. The number of urea groups is 1. The van der Waals surface area contributed by atoms with Gasteiger partial charge in [0.2, 0.25) is 0 Å². The molecule has 0 heterocycles. The molecule has 0 aliphatic rings. The largest absolute Gasteiger partial charge is 0.352 e. The Morgan fingerprint density at radius 1 is 0.750 bits per heavy atom. The molecule has 0 spiro atoms. The van der Waals surface area contributed by atoms with Crippen LogP contribution >= 0.6 is 45.2 Å². The van der Waals surface area contributed by atoms with Crippen molar-refractivity contribution in [3.63, 3.8) is 0 Å². The molecule has 0 atom stereocenters. The summed E-state index contributed by atoms with van der Waals surface area (Å²) in [4.78, 5) is 31.1. The Morgan fingerprint density at radius 3 is 1.33 bits per heavy atom. The van der Waals surface area contributed by atoms with Gasteiger partial charge in [0, 0.05) is 45.2 Å². The van der Waals surface area contributed by atoms with E-state index < -0.39 is 13.9 Å². The summed E-state index contributed by atoms with van der Waals surface area (Å²) in [6.45, 7) is 0. The minimum absolute atomic E-state index is 0.441. The molecule has 7 nitrogen and oxygen atoms in total. The number of carbonyl (C=O) groups is 3. The highest BCUT2D eigenvalue weighted by molar-refractivity contribution is 14.1. The predicted octanol–water partition coefficient (Wildman–Crippen LogP) is 0.405. The molecule has 4 N–H and O–H groups in total. The van der Waals surface area contributed by atoms with Crippen molar-refractivity contribution in [1.82, 2.24) is 21.7 Å². The van der Waals surface area contributed by atoms with Crippen molar-refractivity contribution in [3.05, 3.63) is 0 Å². The molecule has 4 amide bonds. The fraction of sp³-hybridized carbons (Fsp3) is 0. The van der Waals surface area contributed by atoms with Crippen LogP contribution in [0, 0.1) is 0 Å². The van der Waals surface area contributed by atoms with Crippen molar-refractivity contribution in [2.45, 2.75) is 0 Å². The summed E-state index contributed by atoms with van der Waals surface area (Å²) in [6.07, 6.45) is 0. The van der Waals surface area contributed by atoms with Gasteiger partial charge in [0.1, 0.15) is 0 Å². The van der Waals surface area contributed by atoms with E-state index in [2.05, 4.69) is 0 Å². The summed E-state index contributed by atoms with van der Waals surface area (Å²) in [5, 5.41) is 0. The quantitative estimate of drug-likeness (QED) is 0.206. The first kappa shape index (κ1) is 11.7. The number of hydrogen-bond acceptors (Lipinski definition) is 3. The molecule has 9 heteroatoms. The second kappa shape index (κ2) is 6.22. The zero-order valence-corrected chi connectivity index (χ0v) is 9.80. The maximum absolute atomic E-state index is 10.6. The predicted molar refractivity (Wildman–Crippen MR) is 56.8 cm³/mol. The summed E-state index contributed by atoms with van der Waals surface area (Å²) in [7, 11) is 0. The summed E-state index contributed by atoms with van der Waals surface area (Å²) in [6, 6.07) is -0.731. The van der Waals surface area contributed by atoms with Crippen molar-refractivity contribution in [2.24, 2.45) is 0 Å². The number of hydrogen-bond donors (Lipinski definition) is 4.